The third-order valence-corrected chi connectivity index (χ3v) is 5.89. The number of nitrogens with one attached hydrogen (secondary N) is 1. The molecule has 0 fully saturated rings. The predicted octanol–water partition coefficient (Wildman–Crippen LogP) is 6.25. The highest BCUT2D eigenvalue weighted by atomic mass is 35.5. The Balaban J connectivity index is 1.90. The molecule has 31 heavy (non-hydrogen) atoms. The summed E-state index contributed by atoms with van der Waals surface area (Å²) in [4.78, 5) is 17.6. The molecule has 0 spiro atoms. The van der Waals surface area contributed by atoms with Crippen LogP contribution in [-0.2, 0) is 7.05 Å². The Hall–Kier alpha value is -3.05. The Morgan fingerprint density at radius 3 is 2.52 bits per heavy atom. The molecular weight excluding hydrogens is 410 g/mol. The fraction of sp³-hybridized carbons (Fsp3) is 0.280. The van der Waals surface area contributed by atoms with Crippen LogP contribution in [0.4, 0.5) is 5.69 Å². The zero-order valence-electron chi connectivity index (χ0n) is 18.6. The maximum absolute atomic E-state index is 13.3. The third kappa shape index (κ3) is 3.86. The van der Waals surface area contributed by atoms with Crippen molar-refractivity contribution >= 4 is 28.3 Å². The first-order valence-electron chi connectivity index (χ1n) is 10.3. The molecule has 0 aliphatic heterocycles. The minimum atomic E-state index is -0.111. The lowest BCUT2D eigenvalue weighted by molar-refractivity contribution is 0.605. The van der Waals surface area contributed by atoms with Gasteiger partial charge in [-0.05, 0) is 63.9 Å². The van der Waals surface area contributed by atoms with Gasteiger partial charge in [-0.3, -0.25) is 4.79 Å². The van der Waals surface area contributed by atoms with E-state index in [0.717, 1.165) is 33.6 Å². The molecule has 0 unspecified atom stereocenters. The van der Waals surface area contributed by atoms with Crippen molar-refractivity contribution in [3.05, 3.63) is 80.0 Å². The van der Waals surface area contributed by atoms with E-state index >= 15 is 0 Å². The average molecular weight is 436 g/mol. The Labute approximate surface area is 186 Å². The highest BCUT2D eigenvalue weighted by Gasteiger charge is 2.20. The van der Waals surface area contributed by atoms with Gasteiger partial charge in [0, 0.05) is 36.1 Å². The van der Waals surface area contributed by atoms with Crippen molar-refractivity contribution in [1.82, 2.24) is 9.55 Å². The van der Waals surface area contributed by atoms with Gasteiger partial charge >= 0.3 is 0 Å². The molecule has 4 rings (SSSR count). The minimum absolute atomic E-state index is 0.000920. The smallest absolute Gasteiger partial charge is 0.196 e. The summed E-state index contributed by atoms with van der Waals surface area (Å²) in [6, 6.07) is 7.54. The van der Waals surface area contributed by atoms with Crippen molar-refractivity contribution in [3.8, 4) is 11.3 Å². The second kappa shape index (κ2) is 7.89. The fourth-order valence-corrected chi connectivity index (χ4v) is 4.29. The normalized spacial score (nSPS) is 12.4. The summed E-state index contributed by atoms with van der Waals surface area (Å²) in [6.45, 7) is 9.81. The van der Waals surface area contributed by atoms with Crippen molar-refractivity contribution in [2.24, 2.45) is 7.05 Å². The second-order valence-electron chi connectivity index (χ2n) is 8.27. The summed E-state index contributed by atoms with van der Waals surface area (Å²) in [5.41, 5.74) is 6.87. The van der Waals surface area contributed by atoms with Crippen LogP contribution in [0.15, 0.2) is 45.9 Å². The van der Waals surface area contributed by atoms with Crippen LogP contribution in [-0.4, -0.2) is 9.55 Å². The summed E-state index contributed by atoms with van der Waals surface area (Å²) in [5.74, 6) is 0.622. The maximum atomic E-state index is 13.3. The summed E-state index contributed by atoms with van der Waals surface area (Å²) < 4.78 is 8.43. The molecule has 5 nitrogen and oxygen atoms in total. The summed E-state index contributed by atoms with van der Waals surface area (Å²) in [5, 5.41) is 4.56. The summed E-state index contributed by atoms with van der Waals surface area (Å²) in [7, 11) is 1.97. The van der Waals surface area contributed by atoms with Crippen LogP contribution < -0.4 is 10.7 Å². The van der Waals surface area contributed by atoms with E-state index in [9.17, 15) is 4.79 Å². The fourth-order valence-electron chi connectivity index (χ4n) is 4.10. The number of rotatable bonds is 4. The number of hydrogen-bond acceptors (Lipinski definition) is 4. The van der Waals surface area contributed by atoms with Gasteiger partial charge in [-0.1, -0.05) is 17.7 Å². The lowest BCUT2D eigenvalue weighted by Crippen LogP contribution is -2.13. The SMILES string of the molecule is Cc1cc([C@@H](C)Nc2ccc(Cl)nc2C)c2oc(-c3cn(C)cc3C)c(C)c(=O)c2c1. The largest absolute Gasteiger partial charge is 0.455 e. The first-order chi connectivity index (χ1) is 14.7. The molecule has 4 aromatic rings. The second-order valence-corrected chi connectivity index (χ2v) is 8.66. The number of aryl methyl sites for hydroxylation is 4. The van der Waals surface area contributed by atoms with Gasteiger partial charge in [-0.25, -0.2) is 4.98 Å². The molecule has 1 N–H and O–H groups in total. The van der Waals surface area contributed by atoms with E-state index < -0.39 is 0 Å². The number of nitrogens with zero attached hydrogens (tertiary/aromatic N) is 2. The van der Waals surface area contributed by atoms with E-state index in [2.05, 4.69) is 23.3 Å². The van der Waals surface area contributed by atoms with Gasteiger partial charge in [0.15, 0.2) is 5.43 Å². The van der Waals surface area contributed by atoms with Crippen molar-refractivity contribution in [2.45, 2.75) is 40.7 Å². The molecule has 0 radical (unpaired) electrons. The summed E-state index contributed by atoms with van der Waals surface area (Å²) >= 11 is 6.00. The molecule has 0 bridgehead atoms. The van der Waals surface area contributed by atoms with Crippen LogP contribution in [0, 0.1) is 27.7 Å². The van der Waals surface area contributed by atoms with Crippen molar-refractivity contribution in [1.29, 1.82) is 0 Å². The number of aromatic nitrogens is 2. The van der Waals surface area contributed by atoms with E-state index in [1.165, 1.54) is 0 Å². The molecule has 0 amide bonds. The predicted molar refractivity (Wildman–Crippen MR) is 127 cm³/mol. The van der Waals surface area contributed by atoms with Crippen molar-refractivity contribution < 1.29 is 4.42 Å². The van der Waals surface area contributed by atoms with Gasteiger partial charge in [-0.2, -0.15) is 0 Å². The zero-order chi connectivity index (χ0) is 22.4. The van der Waals surface area contributed by atoms with Gasteiger partial charge in [0.05, 0.1) is 22.8 Å². The first kappa shape index (κ1) is 21.2. The third-order valence-electron chi connectivity index (χ3n) is 5.68. The van der Waals surface area contributed by atoms with E-state index in [1.54, 1.807) is 6.07 Å². The molecule has 1 aromatic carbocycles. The Morgan fingerprint density at radius 1 is 1.13 bits per heavy atom. The van der Waals surface area contributed by atoms with E-state index in [4.69, 9.17) is 16.0 Å². The van der Waals surface area contributed by atoms with Gasteiger partial charge in [-0.15, -0.1) is 0 Å². The molecule has 0 aliphatic rings. The van der Waals surface area contributed by atoms with Crippen LogP contribution in [0.5, 0.6) is 0 Å². The number of benzene rings is 1. The van der Waals surface area contributed by atoms with Crippen LogP contribution in [0.2, 0.25) is 5.15 Å². The minimum Gasteiger partial charge on any atom is -0.455 e. The lowest BCUT2D eigenvalue weighted by Gasteiger charge is -2.19. The molecule has 6 heteroatoms. The van der Waals surface area contributed by atoms with Crippen LogP contribution in [0.25, 0.3) is 22.3 Å². The monoisotopic (exact) mass is 435 g/mol. The maximum Gasteiger partial charge on any atom is 0.196 e. The number of anilines is 1. The molecule has 1 atom stereocenters. The molecular formula is C25H26ClN3O2. The lowest BCUT2D eigenvalue weighted by atomic mass is 9.98. The Morgan fingerprint density at radius 2 is 1.87 bits per heavy atom. The van der Waals surface area contributed by atoms with E-state index in [0.29, 0.717) is 27.4 Å². The van der Waals surface area contributed by atoms with Crippen molar-refractivity contribution in [3.63, 3.8) is 0 Å². The molecule has 0 saturated heterocycles. The topological polar surface area (TPSA) is 60.1 Å². The molecule has 0 saturated carbocycles. The molecule has 3 heterocycles. The highest BCUT2D eigenvalue weighted by Crippen LogP contribution is 2.33. The van der Waals surface area contributed by atoms with Gasteiger partial charge < -0.3 is 14.3 Å². The van der Waals surface area contributed by atoms with Gasteiger partial charge in [0.1, 0.15) is 16.5 Å². The van der Waals surface area contributed by atoms with Gasteiger partial charge in [0.2, 0.25) is 0 Å². The van der Waals surface area contributed by atoms with Crippen LogP contribution in [0.3, 0.4) is 0 Å². The van der Waals surface area contributed by atoms with Gasteiger partial charge in [0.25, 0.3) is 0 Å². The van der Waals surface area contributed by atoms with Crippen molar-refractivity contribution in [2.75, 3.05) is 5.32 Å². The average Bonchev–Trinajstić information content (AvgIpc) is 3.04. The Bertz CT molecular complexity index is 1370. The number of halogens is 1. The van der Waals surface area contributed by atoms with E-state index in [1.807, 2.05) is 63.8 Å². The number of hydrogen-bond donors (Lipinski definition) is 1. The molecule has 160 valence electrons. The molecule has 3 aromatic heterocycles. The Kier molecular flexibility index (Phi) is 5.40. The quantitative estimate of drug-likeness (QED) is 0.384. The highest BCUT2D eigenvalue weighted by molar-refractivity contribution is 6.29. The van der Waals surface area contributed by atoms with Crippen LogP contribution >= 0.6 is 11.6 Å². The molecule has 0 aliphatic carbocycles. The standard InChI is InChI=1S/C25H26ClN3O2/c1-13-9-18(16(4)27-21-7-8-22(26)28-17(21)5)25-19(10-13)23(30)15(3)24(31-25)20-12-29(6)11-14(20)2/h7-12,16,27H,1-6H3/t16-/m1/s1. The van der Waals surface area contributed by atoms with E-state index in [-0.39, 0.29) is 11.5 Å². The first-order valence-corrected chi connectivity index (χ1v) is 10.6. The number of pyridine rings is 1. The zero-order valence-corrected chi connectivity index (χ0v) is 19.4. The number of fused-ring (bicyclic) bond motifs is 1. The summed E-state index contributed by atoms with van der Waals surface area (Å²) in [6.07, 6.45) is 4.01. The van der Waals surface area contributed by atoms with Crippen LogP contribution in [0.1, 0.15) is 40.9 Å².